The Morgan fingerprint density at radius 1 is 1.07 bits per heavy atom. The predicted molar refractivity (Wildman–Crippen MR) is 114 cm³/mol. The van der Waals surface area contributed by atoms with Crippen LogP contribution in [0.4, 0.5) is 0 Å². The maximum Gasteiger partial charge on any atom is 0.321 e. The van der Waals surface area contributed by atoms with E-state index < -0.39 is 5.60 Å². The Labute approximate surface area is 174 Å². The Hall–Kier alpha value is -3.29. The molecule has 0 atom stereocenters. The van der Waals surface area contributed by atoms with Gasteiger partial charge in [-0.2, -0.15) is 5.10 Å². The van der Waals surface area contributed by atoms with Gasteiger partial charge in [0.15, 0.2) is 0 Å². The van der Waals surface area contributed by atoms with Crippen LogP contribution in [0.25, 0.3) is 22.0 Å². The number of β-amino-alcohol motifs (C(OH)–C–C–N with tert-alkyl or cyclic N) is 1. The van der Waals surface area contributed by atoms with E-state index in [4.69, 9.17) is 4.74 Å². The van der Waals surface area contributed by atoms with Crippen molar-refractivity contribution in [3.8, 4) is 23.0 Å². The molecule has 0 radical (unpaired) electrons. The van der Waals surface area contributed by atoms with Gasteiger partial charge in [0, 0.05) is 43.8 Å². The van der Waals surface area contributed by atoms with Gasteiger partial charge < -0.3 is 9.84 Å². The number of H-pyrrole nitrogens is 1. The van der Waals surface area contributed by atoms with Crippen LogP contribution in [-0.4, -0.2) is 48.9 Å². The lowest BCUT2D eigenvalue weighted by Gasteiger charge is -2.46. The van der Waals surface area contributed by atoms with Gasteiger partial charge in [0.1, 0.15) is 5.75 Å². The summed E-state index contributed by atoms with van der Waals surface area (Å²) in [5.74, 6) is 0.695. The molecule has 7 heteroatoms. The van der Waals surface area contributed by atoms with Crippen molar-refractivity contribution < 1.29 is 9.84 Å². The summed E-state index contributed by atoms with van der Waals surface area (Å²) in [5.41, 5.74) is 2.46. The van der Waals surface area contributed by atoms with E-state index in [1.165, 1.54) is 5.56 Å². The van der Waals surface area contributed by atoms with E-state index in [9.17, 15) is 5.11 Å². The van der Waals surface area contributed by atoms with Gasteiger partial charge in [0.05, 0.1) is 11.3 Å². The molecule has 4 aromatic rings. The van der Waals surface area contributed by atoms with Crippen LogP contribution < -0.4 is 4.74 Å². The van der Waals surface area contributed by atoms with Gasteiger partial charge in [-0.15, -0.1) is 0 Å². The number of aliphatic hydroxyl groups is 1. The predicted octanol–water partition coefficient (Wildman–Crippen LogP) is 3.77. The summed E-state index contributed by atoms with van der Waals surface area (Å²) in [6.45, 7) is 4.37. The van der Waals surface area contributed by atoms with Crippen molar-refractivity contribution in [2.45, 2.75) is 25.5 Å². The Morgan fingerprint density at radius 2 is 1.83 bits per heavy atom. The van der Waals surface area contributed by atoms with E-state index in [0.717, 1.165) is 48.1 Å². The van der Waals surface area contributed by atoms with Crippen molar-refractivity contribution in [1.82, 2.24) is 25.1 Å². The zero-order valence-electron chi connectivity index (χ0n) is 16.7. The van der Waals surface area contributed by atoms with Crippen molar-refractivity contribution >= 4 is 10.8 Å². The average Bonchev–Trinajstić information content (AvgIpc) is 3.28. The van der Waals surface area contributed by atoms with Gasteiger partial charge in [-0.1, -0.05) is 25.1 Å². The number of nitrogens with one attached hydrogen (secondary N) is 1. The van der Waals surface area contributed by atoms with Crippen LogP contribution in [0.15, 0.2) is 61.1 Å². The molecular formula is C23H23N5O2. The first kappa shape index (κ1) is 18.7. The average molecular weight is 401 g/mol. The molecule has 0 saturated carbocycles. The molecule has 30 heavy (non-hydrogen) atoms. The minimum Gasteiger partial charge on any atom is -0.424 e. The molecule has 1 aliphatic rings. The molecule has 0 unspecified atom stereocenters. The minimum atomic E-state index is -0.498. The summed E-state index contributed by atoms with van der Waals surface area (Å²) >= 11 is 0. The number of likely N-dealkylation sites (tertiary alicyclic amines) is 1. The van der Waals surface area contributed by atoms with Crippen LogP contribution in [0.5, 0.6) is 11.8 Å². The zero-order valence-corrected chi connectivity index (χ0v) is 16.7. The van der Waals surface area contributed by atoms with Crippen LogP contribution in [0, 0.1) is 0 Å². The third-order valence-corrected chi connectivity index (χ3v) is 5.63. The number of hydrogen-bond donors (Lipinski definition) is 2. The first-order chi connectivity index (χ1) is 14.6. The standard InChI is InChI=1S/C23H23N5O2/c1-2-23(29)14-28(15-23)13-16-3-4-18-10-20(6-5-17(18)9-16)30-22-24-11-19(12-25-22)21-7-8-26-27-21/h3-12,29H,2,13-15H2,1H3,(H,26,27). The molecular weight excluding hydrogens is 378 g/mol. The van der Waals surface area contributed by atoms with E-state index in [2.05, 4.69) is 43.3 Å². The quantitative estimate of drug-likeness (QED) is 0.511. The molecule has 2 aromatic heterocycles. The number of benzene rings is 2. The van der Waals surface area contributed by atoms with Crippen molar-refractivity contribution in [2.24, 2.45) is 0 Å². The molecule has 1 saturated heterocycles. The Bertz CT molecular complexity index is 1150. The van der Waals surface area contributed by atoms with Crippen molar-refractivity contribution in [3.05, 3.63) is 66.6 Å². The van der Waals surface area contributed by atoms with Crippen molar-refractivity contribution in [2.75, 3.05) is 13.1 Å². The van der Waals surface area contributed by atoms with Crippen LogP contribution in [0.3, 0.4) is 0 Å². The first-order valence-electron chi connectivity index (χ1n) is 10.1. The SMILES string of the molecule is CCC1(O)CN(Cc2ccc3cc(Oc4ncc(-c5ccn[nH]5)cn4)ccc3c2)C1. The summed E-state index contributed by atoms with van der Waals surface area (Å²) < 4.78 is 5.83. The third kappa shape index (κ3) is 3.77. The van der Waals surface area contributed by atoms with E-state index in [-0.39, 0.29) is 0 Å². The second-order valence-electron chi connectivity index (χ2n) is 7.89. The highest BCUT2D eigenvalue weighted by Crippen LogP contribution is 2.28. The van der Waals surface area contributed by atoms with Crippen molar-refractivity contribution in [3.63, 3.8) is 0 Å². The van der Waals surface area contributed by atoms with Crippen LogP contribution in [-0.2, 0) is 6.54 Å². The highest BCUT2D eigenvalue weighted by Gasteiger charge is 2.38. The Balaban J connectivity index is 1.27. The molecule has 3 heterocycles. The van der Waals surface area contributed by atoms with Crippen molar-refractivity contribution in [1.29, 1.82) is 0 Å². The summed E-state index contributed by atoms with van der Waals surface area (Å²) in [6, 6.07) is 14.6. The van der Waals surface area contributed by atoms with Gasteiger partial charge >= 0.3 is 6.01 Å². The lowest BCUT2D eigenvalue weighted by molar-refractivity contribution is -0.103. The fourth-order valence-electron chi connectivity index (χ4n) is 3.84. The second kappa shape index (κ2) is 7.51. The number of aromatic amines is 1. The summed E-state index contributed by atoms with van der Waals surface area (Å²) in [5, 5.41) is 19.3. The molecule has 2 aromatic carbocycles. The summed E-state index contributed by atoms with van der Waals surface area (Å²) in [4.78, 5) is 10.8. The number of aromatic nitrogens is 4. The van der Waals surface area contributed by atoms with Gasteiger partial charge in [-0.05, 0) is 47.0 Å². The fourth-order valence-corrected chi connectivity index (χ4v) is 3.84. The Kier molecular flexibility index (Phi) is 4.69. The van der Waals surface area contributed by atoms with E-state index >= 15 is 0 Å². The fraction of sp³-hybridized carbons (Fsp3) is 0.261. The van der Waals surface area contributed by atoms with Gasteiger partial charge in [-0.25, -0.2) is 9.97 Å². The molecule has 1 fully saturated rings. The molecule has 152 valence electrons. The lowest BCUT2D eigenvalue weighted by atomic mass is 9.91. The van der Waals surface area contributed by atoms with Gasteiger partial charge in [0.25, 0.3) is 0 Å². The topological polar surface area (TPSA) is 87.2 Å². The molecule has 0 aliphatic carbocycles. The second-order valence-corrected chi connectivity index (χ2v) is 7.89. The number of hydrogen-bond acceptors (Lipinski definition) is 6. The van der Waals surface area contributed by atoms with Crippen LogP contribution >= 0.6 is 0 Å². The molecule has 0 spiro atoms. The maximum absolute atomic E-state index is 10.2. The number of fused-ring (bicyclic) bond motifs is 1. The lowest BCUT2D eigenvalue weighted by Crippen LogP contribution is -2.60. The molecule has 0 bridgehead atoms. The summed E-state index contributed by atoms with van der Waals surface area (Å²) in [6.07, 6.45) is 5.91. The summed E-state index contributed by atoms with van der Waals surface area (Å²) in [7, 11) is 0. The molecule has 5 rings (SSSR count). The largest absolute Gasteiger partial charge is 0.424 e. The molecule has 0 amide bonds. The van der Waals surface area contributed by atoms with E-state index in [1.807, 2.05) is 31.2 Å². The highest BCUT2D eigenvalue weighted by atomic mass is 16.5. The number of ether oxygens (including phenoxy) is 1. The Morgan fingerprint density at radius 3 is 2.57 bits per heavy atom. The van der Waals surface area contributed by atoms with Gasteiger partial charge in [0.2, 0.25) is 0 Å². The normalized spacial score (nSPS) is 15.8. The van der Waals surface area contributed by atoms with Gasteiger partial charge in [-0.3, -0.25) is 10.00 Å². The monoisotopic (exact) mass is 401 g/mol. The minimum absolute atomic E-state index is 0.301. The smallest absolute Gasteiger partial charge is 0.321 e. The number of rotatable bonds is 6. The third-order valence-electron chi connectivity index (χ3n) is 5.63. The van der Waals surface area contributed by atoms with E-state index in [0.29, 0.717) is 11.8 Å². The zero-order chi connectivity index (χ0) is 20.6. The molecule has 7 nitrogen and oxygen atoms in total. The first-order valence-corrected chi connectivity index (χ1v) is 10.1. The van der Waals surface area contributed by atoms with E-state index in [1.54, 1.807) is 18.6 Å². The number of nitrogens with zero attached hydrogens (tertiary/aromatic N) is 4. The van der Waals surface area contributed by atoms with Crippen LogP contribution in [0.2, 0.25) is 0 Å². The highest BCUT2D eigenvalue weighted by molar-refractivity contribution is 5.84. The molecule has 2 N–H and O–H groups in total. The molecule has 1 aliphatic heterocycles. The maximum atomic E-state index is 10.2. The van der Waals surface area contributed by atoms with Crippen LogP contribution in [0.1, 0.15) is 18.9 Å².